The Labute approximate surface area is 144 Å². The van der Waals surface area contributed by atoms with Crippen LogP contribution in [0.3, 0.4) is 0 Å². The topological polar surface area (TPSA) is 18.5 Å². The third-order valence-corrected chi connectivity index (χ3v) is 5.18. The van der Waals surface area contributed by atoms with Gasteiger partial charge in [-0.05, 0) is 39.2 Å². The van der Waals surface area contributed by atoms with Crippen LogP contribution in [-0.2, 0) is 0 Å². The van der Waals surface area contributed by atoms with Gasteiger partial charge in [0.1, 0.15) is 5.82 Å². The van der Waals surface area contributed by atoms with Crippen LogP contribution in [0.4, 0.5) is 4.39 Å². The number of benzene rings is 2. The summed E-state index contributed by atoms with van der Waals surface area (Å²) in [6, 6.07) is 8.32. The lowest BCUT2D eigenvalue weighted by atomic mass is 10.0. The lowest BCUT2D eigenvalue weighted by Gasteiger charge is -2.17. The van der Waals surface area contributed by atoms with E-state index < -0.39 is 0 Å². The fraction of sp³-hybridized carbons (Fsp3) is 0.200. The van der Waals surface area contributed by atoms with Crippen molar-refractivity contribution in [1.82, 2.24) is 0 Å². The fourth-order valence-corrected chi connectivity index (χ4v) is 3.90. The van der Waals surface area contributed by atoms with Gasteiger partial charge >= 0.3 is 0 Å². The van der Waals surface area contributed by atoms with E-state index in [-0.39, 0.29) is 10.6 Å². The highest BCUT2D eigenvalue weighted by atomic mass is 79.9. The van der Waals surface area contributed by atoms with E-state index >= 15 is 0 Å². The molecule has 2 rings (SSSR count). The minimum Gasteiger partial charge on any atom is -0.493 e. The summed E-state index contributed by atoms with van der Waals surface area (Å²) < 4.78 is 24.6. The van der Waals surface area contributed by atoms with Gasteiger partial charge in [0.15, 0.2) is 11.5 Å². The van der Waals surface area contributed by atoms with Gasteiger partial charge in [-0.1, -0.05) is 39.7 Å². The van der Waals surface area contributed by atoms with Crippen LogP contribution < -0.4 is 9.47 Å². The SMILES string of the molecule is COc1cc(Cl)c(C(Br)c2cccc(F)c2Br)cc1OC. The summed E-state index contributed by atoms with van der Waals surface area (Å²) in [4.78, 5) is -0.283. The molecule has 0 N–H and O–H groups in total. The van der Waals surface area contributed by atoms with Crippen LogP contribution in [0.5, 0.6) is 11.5 Å². The van der Waals surface area contributed by atoms with E-state index in [1.807, 2.05) is 6.07 Å². The van der Waals surface area contributed by atoms with Crippen molar-refractivity contribution >= 4 is 43.5 Å². The summed E-state index contributed by atoms with van der Waals surface area (Å²) in [5, 5.41) is 0.505. The molecule has 6 heteroatoms. The Morgan fingerprint density at radius 2 is 1.71 bits per heavy atom. The van der Waals surface area contributed by atoms with Gasteiger partial charge in [-0.3, -0.25) is 0 Å². The maximum absolute atomic E-state index is 13.7. The zero-order valence-electron chi connectivity index (χ0n) is 11.3. The van der Waals surface area contributed by atoms with Gasteiger partial charge in [-0.15, -0.1) is 0 Å². The second-order valence-corrected chi connectivity index (χ2v) is 6.35. The Balaban J connectivity index is 2.53. The van der Waals surface area contributed by atoms with Crippen molar-refractivity contribution in [2.24, 2.45) is 0 Å². The Morgan fingerprint density at radius 1 is 1.10 bits per heavy atom. The van der Waals surface area contributed by atoms with Crippen molar-refractivity contribution in [3.63, 3.8) is 0 Å². The maximum atomic E-state index is 13.7. The predicted molar refractivity (Wildman–Crippen MR) is 89.4 cm³/mol. The quantitative estimate of drug-likeness (QED) is 0.567. The summed E-state index contributed by atoms with van der Waals surface area (Å²) in [7, 11) is 3.10. The summed E-state index contributed by atoms with van der Waals surface area (Å²) in [6.07, 6.45) is 0. The molecule has 0 aliphatic rings. The molecule has 2 nitrogen and oxygen atoms in total. The molecule has 0 bridgehead atoms. The van der Waals surface area contributed by atoms with Crippen LogP contribution >= 0.6 is 43.5 Å². The molecule has 0 radical (unpaired) electrons. The number of ether oxygens (including phenoxy) is 2. The van der Waals surface area contributed by atoms with Gasteiger partial charge in [0.2, 0.25) is 0 Å². The van der Waals surface area contributed by atoms with Crippen molar-refractivity contribution < 1.29 is 13.9 Å². The minimum atomic E-state index is -0.325. The Bertz CT molecular complexity index is 664. The molecule has 0 aliphatic carbocycles. The third-order valence-electron chi connectivity index (χ3n) is 3.03. The number of methoxy groups -OCH3 is 2. The second kappa shape index (κ2) is 6.99. The van der Waals surface area contributed by atoms with E-state index in [0.29, 0.717) is 21.0 Å². The highest BCUT2D eigenvalue weighted by Gasteiger charge is 2.20. The van der Waals surface area contributed by atoms with Crippen molar-refractivity contribution in [1.29, 1.82) is 0 Å². The van der Waals surface area contributed by atoms with E-state index in [0.717, 1.165) is 11.1 Å². The molecule has 0 saturated carbocycles. The average molecular weight is 439 g/mol. The molecule has 0 aliphatic heterocycles. The molecule has 112 valence electrons. The molecule has 0 heterocycles. The number of alkyl halides is 1. The first-order chi connectivity index (χ1) is 9.99. The average Bonchev–Trinajstić information content (AvgIpc) is 2.49. The van der Waals surface area contributed by atoms with Gasteiger partial charge in [-0.25, -0.2) is 4.39 Å². The molecule has 0 fully saturated rings. The Kier molecular flexibility index (Phi) is 5.52. The summed E-state index contributed by atoms with van der Waals surface area (Å²) >= 11 is 13.1. The fourth-order valence-electron chi connectivity index (χ4n) is 1.95. The summed E-state index contributed by atoms with van der Waals surface area (Å²) in [5.41, 5.74) is 1.50. The van der Waals surface area contributed by atoms with Crippen molar-refractivity contribution in [3.05, 3.63) is 56.8 Å². The standard InChI is InChI=1S/C15H12Br2ClFO2/c1-20-12-6-9(10(18)7-13(12)21-2)14(16)8-4-3-5-11(19)15(8)17/h3-7,14H,1-2H3. The molecule has 0 saturated heterocycles. The van der Waals surface area contributed by atoms with Crippen LogP contribution in [0.25, 0.3) is 0 Å². The van der Waals surface area contributed by atoms with E-state index in [9.17, 15) is 4.39 Å². The predicted octanol–water partition coefficient (Wildman–Crippen LogP) is 5.74. The molecule has 2 aromatic carbocycles. The van der Waals surface area contributed by atoms with Gasteiger partial charge in [0.25, 0.3) is 0 Å². The second-order valence-electron chi connectivity index (χ2n) is 4.23. The largest absolute Gasteiger partial charge is 0.493 e. The first-order valence-electron chi connectivity index (χ1n) is 5.99. The molecule has 21 heavy (non-hydrogen) atoms. The number of hydrogen-bond donors (Lipinski definition) is 0. The first kappa shape index (κ1) is 16.6. The number of hydrogen-bond acceptors (Lipinski definition) is 2. The van der Waals surface area contributed by atoms with E-state index in [1.54, 1.807) is 32.4 Å². The first-order valence-corrected chi connectivity index (χ1v) is 8.07. The molecule has 1 atom stereocenters. The molecule has 0 amide bonds. The van der Waals surface area contributed by atoms with Crippen LogP contribution in [0.1, 0.15) is 16.0 Å². The molecule has 0 spiro atoms. The third kappa shape index (κ3) is 3.35. The molecule has 1 unspecified atom stereocenters. The lowest BCUT2D eigenvalue weighted by Crippen LogP contribution is -1.99. The smallest absolute Gasteiger partial charge is 0.162 e. The maximum Gasteiger partial charge on any atom is 0.162 e. The highest BCUT2D eigenvalue weighted by Crippen LogP contribution is 2.43. The van der Waals surface area contributed by atoms with E-state index in [1.165, 1.54) is 6.07 Å². The molecular weight excluding hydrogens is 426 g/mol. The molecular formula is C15H12Br2ClFO2. The zero-order chi connectivity index (χ0) is 15.6. The summed E-state index contributed by atoms with van der Waals surface area (Å²) in [6.45, 7) is 0. The Morgan fingerprint density at radius 3 is 2.33 bits per heavy atom. The van der Waals surface area contributed by atoms with Gasteiger partial charge < -0.3 is 9.47 Å². The van der Waals surface area contributed by atoms with Crippen LogP contribution in [0.2, 0.25) is 5.02 Å². The minimum absolute atomic E-state index is 0.283. The number of rotatable bonds is 4. The van der Waals surface area contributed by atoms with Crippen molar-refractivity contribution in [3.8, 4) is 11.5 Å². The molecule has 2 aromatic rings. The Hall–Kier alpha value is -0.780. The summed E-state index contributed by atoms with van der Waals surface area (Å²) in [5.74, 6) is 0.784. The number of halogens is 4. The van der Waals surface area contributed by atoms with Gasteiger partial charge in [-0.2, -0.15) is 0 Å². The lowest BCUT2D eigenvalue weighted by molar-refractivity contribution is 0.354. The highest BCUT2D eigenvalue weighted by molar-refractivity contribution is 9.11. The van der Waals surface area contributed by atoms with Crippen LogP contribution in [0, 0.1) is 5.82 Å². The normalized spacial score (nSPS) is 12.1. The van der Waals surface area contributed by atoms with Gasteiger partial charge in [0, 0.05) is 11.1 Å². The van der Waals surface area contributed by atoms with E-state index in [2.05, 4.69) is 31.9 Å². The molecule has 0 aromatic heterocycles. The van der Waals surface area contributed by atoms with Crippen LogP contribution in [-0.4, -0.2) is 14.2 Å². The van der Waals surface area contributed by atoms with Crippen LogP contribution in [0.15, 0.2) is 34.8 Å². The van der Waals surface area contributed by atoms with Crippen molar-refractivity contribution in [2.75, 3.05) is 14.2 Å². The monoisotopic (exact) mass is 436 g/mol. The van der Waals surface area contributed by atoms with Crippen molar-refractivity contribution in [2.45, 2.75) is 4.83 Å². The van der Waals surface area contributed by atoms with Gasteiger partial charge in [0.05, 0.1) is 23.5 Å². The zero-order valence-corrected chi connectivity index (χ0v) is 15.2. The van der Waals surface area contributed by atoms with E-state index in [4.69, 9.17) is 21.1 Å².